The van der Waals surface area contributed by atoms with E-state index in [9.17, 15) is 9.59 Å². The number of carbonyl (C=O) groups excluding carboxylic acids is 2. The number of nitrogens with zero attached hydrogens (tertiary/aromatic N) is 5. The Morgan fingerprint density at radius 2 is 1.70 bits per heavy atom. The molecule has 1 saturated heterocycles. The van der Waals surface area contributed by atoms with Gasteiger partial charge in [-0.05, 0) is 60.4 Å². The van der Waals surface area contributed by atoms with Crippen molar-refractivity contribution in [2.45, 2.75) is 57.3 Å². The predicted molar refractivity (Wildman–Crippen MR) is 168 cm³/mol. The van der Waals surface area contributed by atoms with Crippen LogP contribution in [0, 0.1) is 0 Å². The number of para-hydroxylation sites is 1. The van der Waals surface area contributed by atoms with Crippen LogP contribution in [0.4, 0.5) is 5.69 Å². The zero-order valence-corrected chi connectivity index (χ0v) is 25.2. The molecule has 0 unspecified atom stereocenters. The van der Waals surface area contributed by atoms with Crippen molar-refractivity contribution in [1.29, 1.82) is 0 Å². The number of morpholine rings is 1. The van der Waals surface area contributed by atoms with Crippen molar-refractivity contribution in [2.24, 2.45) is 0 Å². The Hall–Kier alpha value is -4.44. The summed E-state index contributed by atoms with van der Waals surface area (Å²) in [6, 6.07) is 22.5. The maximum absolute atomic E-state index is 14.3. The van der Waals surface area contributed by atoms with Crippen LogP contribution in [0.5, 0.6) is 5.75 Å². The second-order valence-electron chi connectivity index (χ2n) is 11.5. The van der Waals surface area contributed by atoms with Crippen molar-refractivity contribution in [2.75, 3.05) is 38.3 Å². The quantitative estimate of drug-likeness (QED) is 0.288. The van der Waals surface area contributed by atoms with Crippen molar-refractivity contribution in [3.63, 3.8) is 0 Å². The number of hydrogen-bond acceptors (Lipinski definition) is 7. The van der Waals surface area contributed by atoms with Crippen LogP contribution in [0.2, 0.25) is 0 Å². The van der Waals surface area contributed by atoms with E-state index in [1.54, 1.807) is 16.7 Å². The lowest BCUT2D eigenvalue weighted by Gasteiger charge is -2.34. The normalized spacial score (nSPS) is 16.4. The van der Waals surface area contributed by atoms with Gasteiger partial charge in [0.05, 0.1) is 25.8 Å². The second-order valence-corrected chi connectivity index (χ2v) is 11.5. The predicted octanol–water partition coefficient (Wildman–Crippen LogP) is 4.50. The Balaban J connectivity index is 1.35. The summed E-state index contributed by atoms with van der Waals surface area (Å²) >= 11 is 0. The second kappa shape index (κ2) is 13.9. The molecule has 230 valence electrons. The number of rotatable bonds is 10. The SMILES string of the molecule is COc1ccc(CN(C(=O)Cn2nnc3ccccc32)[C@H](C(=O)NC2CCCCC2)c2ccc(N3CCOCC3)cc2)cc1. The van der Waals surface area contributed by atoms with E-state index in [0.29, 0.717) is 18.7 Å². The fraction of sp³-hybridized carbons (Fsp3) is 0.412. The van der Waals surface area contributed by atoms with Gasteiger partial charge in [-0.2, -0.15) is 0 Å². The molecule has 1 N–H and O–H groups in total. The minimum atomic E-state index is -0.833. The highest BCUT2D eigenvalue weighted by Gasteiger charge is 2.33. The average molecular weight is 597 g/mol. The Morgan fingerprint density at radius 1 is 0.977 bits per heavy atom. The molecule has 2 fully saturated rings. The molecule has 4 aromatic rings. The lowest BCUT2D eigenvalue weighted by atomic mass is 9.94. The average Bonchev–Trinajstić information content (AvgIpc) is 3.48. The third-order valence-electron chi connectivity index (χ3n) is 8.63. The van der Waals surface area contributed by atoms with Gasteiger partial charge in [0.15, 0.2) is 0 Å². The van der Waals surface area contributed by atoms with Gasteiger partial charge >= 0.3 is 0 Å². The monoisotopic (exact) mass is 596 g/mol. The highest BCUT2D eigenvalue weighted by Crippen LogP contribution is 2.29. The number of nitrogens with one attached hydrogen (secondary N) is 1. The molecule has 44 heavy (non-hydrogen) atoms. The van der Waals surface area contributed by atoms with E-state index in [1.165, 1.54) is 6.42 Å². The van der Waals surface area contributed by atoms with Crippen molar-refractivity contribution in [1.82, 2.24) is 25.2 Å². The molecule has 3 aromatic carbocycles. The molecule has 6 rings (SSSR count). The molecule has 1 atom stereocenters. The van der Waals surface area contributed by atoms with Gasteiger partial charge in [-0.3, -0.25) is 9.59 Å². The molecule has 1 aliphatic heterocycles. The lowest BCUT2D eigenvalue weighted by molar-refractivity contribution is -0.142. The first-order chi connectivity index (χ1) is 21.6. The zero-order valence-electron chi connectivity index (χ0n) is 25.2. The number of hydrogen-bond donors (Lipinski definition) is 1. The largest absolute Gasteiger partial charge is 0.497 e. The standard InChI is InChI=1S/C34H40N6O4/c1-43-29-17-11-25(12-18-29)23-39(32(41)24-40-31-10-6-5-9-30(31)36-37-40)33(34(42)35-27-7-3-2-4-8-27)26-13-15-28(16-14-26)38-19-21-44-22-20-38/h5-6,9-18,27,33H,2-4,7-8,19-24H2,1H3,(H,35,42)/t33-/m0/s1. The Morgan fingerprint density at radius 3 is 2.43 bits per heavy atom. The minimum Gasteiger partial charge on any atom is -0.497 e. The number of ether oxygens (including phenoxy) is 2. The fourth-order valence-electron chi connectivity index (χ4n) is 6.19. The van der Waals surface area contributed by atoms with Crippen LogP contribution in [0.1, 0.15) is 49.3 Å². The summed E-state index contributed by atoms with van der Waals surface area (Å²) in [6.07, 6.45) is 5.28. The molecule has 1 saturated carbocycles. The van der Waals surface area contributed by atoms with Crippen molar-refractivity contribution in [3.8, 4) is 5.75 Å². The highest BCUT2D eigenvalue weighted by atomic mass is 16.5. The molecule has 0 spiro atoms. The highest BCUT2D eigenvalue weighted by molar-refractivity contribution is 5.89. The molecular weight excluding hydrogens is 556 g/mol. The molecule has 1 aliphatic carbocycles. The van der Waals surface area contributed by atoms with Gasteiger partial charge in [0.2, 0.25) is 11.8 Å². The number of anilines is 1. The van der Waals surface area contributed by atoms with Crippen molar-refractivity contribution >= 4 is 28.5 Å². The van der Waals surface area contributed by atoms with Gasteiger partial charge in [0.25, 0.3) is 0 Å². The fourth-order valence-corrected chi connectivity index (χ4v) is 6.19. The third-order valence-corrected chi connectivity index (χ3v) is 8.63. The van der Waals surface area contributed by atoms with E-state index < -0.39 is 6.04 Å². The number of benzene rings is 3. The Kier molecular flexibility index (Phi) is 9.36. The van der Waals surface area contributed by atoms with E-state index in [0.717, 1.165) is 66.9 Å². The lowest BCUT2D eigenvalue weighted by Crippen LogP contribution is -2.47. The molecular formula is C34H40N6O4. The smallest absolute Gasteiger partial charge is 0.247 e. The van der Waals surface area contributed by atoms with Crippen LogP contribution in [0.25, 0.3) is 11.0 Å². The maximum atomic E-state index is 14.3. The number of carbonyl (C=O) groups is 2. The van der Waals surface area contributed by atoms with Crippen molar-refractivity contribution < 1.29 is 19.1 Å². The van der Waals surface area contributed by atoms with Crippen LogP contribution in [0.3, 0.4) is 0 Å². The molecule has 0 radical (unpaired) electrons. The Bertz CT molecular complexity index is 1540. The van der Waals surface area contributed by atoms with E-state index in [4.69, 9.17) is 9.47 Å². The molecule has 10 heteroatoms. The van der Waals surface area contributed by atoms with Crippen LogP contribution in [-0.4, -0.2) is 71.2 Å². The number of methoxy groups -OCH3 is 1. The van der Waals surface area contributed by atoms with Crippen LogP contribution < -0.4 is 15.0 Å². The van der Waals surface area contributed by atoms with Crippen molar-refractivity contribution in [3.05, 3.63) is 83.9 Å². The first-order valence-corrected chi connectivity index (χ1v) is 15.5. The summed E-state index contributed by atoms with van der Waals surface area (Å²) in [5, 5.41) is 11.8. The Labute approximate surface area is 257 Å². The summed E-state index contributed by atoms with van der Waals surface area (Å²) < 4.78 is 12.5. The molecule has 0 bridgehead atoms. The molecule has 1 aromatic heterocycles. The third kappa shape index (κ3) is 6.86. The minimum absolute atomic E-state index is 0.0459. The van der Waals surface area contributed by atoms with Gasteiger partial charge in [-0.1, -0.05) is 60.9 Å². The van der Waals surface area contributed by atoms with Gasteiger partial charge < -0.3 is 24.6 Å². The zero-order chi connectivity index (χ0) is 30.3. The van der Waals surface area contributed by atoms with Crippen LogP contribution >= 0.6 is 0 Å². The number of aromatic nitrogens is 3. The summed E-state index contributed by atoms with van der Waals surface area (Å²) in [6.45, 7) is 3.21. The summed E-state index contributed by atoms with van der Waals surface area (Å²) in [5.41, 5.74) is 4.21. The van der Waals surface area contributed by atoms with Crippen LogP contribution in [0.15, 0.2) is 72.8 Å². The number of amides is 2. The van der Waals surface area contributed by atoms with E-state index in [1.807, 2.05) is 72.8 Å². The summed E-state index contributed by atoms with van der Waals surface area (Å²) in [5.74, 6) is 0.338. The summed E-state index contributed by atoms with van der Waals surface area (Å²) in [4.78, 5) is 32.5. The maximum Gasteiger partial charge on any atom is 0.247 e. The van der Waals surface area contributed by atoms with Crippen LogP contribution in [-0.2, 0) is 27.4 Å². The molecule has 2 heterocycles. The topological polar surface area (TPSA) is 102 Å². The number of fused-ring (bicyclic) bond motifs is 1. The van der Waals surface area contributed by atoms with Gasteiger partial charge in [-0.25, -0.2) is 4.68 Å². The van der Waals surface area contributed by atoms with Gasteiger partial charge in [-0.15, -0.1) is 5.10 Å². The summed E-state index contributed by atoms with van der Waals surface area (Å²) in [7, 11) is 1.62. The molecule has 2 aliphatic rings. The first-order valence-electron chi connectivity index (χ1n) is 15.5. The van der Waals surface area contributed by atoms with E-state index in [2.05, 4.69) is 20.5 Å². The van der Waals surface area contributed by atoms with Gasteiger partial charge in [0.1, 0.15) is 23.9 Å². The van der Waals surface area contributed by atoms with E-state index >= 15 is 0 Å². The van der Waals surface area contributed by atoms with Gasteiger partial charge in [0, 0.05) is 31.4 Å². The van der Waals surface area contributed by atoms with E-state index in [-0.39, 0.29) is 30.9 Å². The molecule has 10 nitrogen and oxygen atoms in total. The first kappa shape index (κ1) is 29.6. The molecule has 2 amide bonds.